The van der Waals surface area contributed by atoms with Crippen LogP contribution in [0.1, 0.15) is 36.8 Å². The van der Waals surface area contributed by atoms with Gasteiger partial charge in [0.05, 0.1) is 30.1 Å². The number of hydrogen-bond donors (Lipinski definition) is 1. The fraction of sp³-hybridized carbons (Fsp3) is 0.429. The zero-order valence-electron chi connectivity index (χ0n) is 10.5. The Bertz CT molecular complexity index is 513. The second-order valence-corrected chi connectivity index (χ2v) is 5.00. The van der Waals surface area contributed by atoms with Crippen LogP contribution in [0.2, 0.25) is 5.02 Å². The van der Waals surface area contributed by atoms with E-state index in [1.807, 2.05) is 12.1 Å². The Morgan fingerprint density at radius 3 is 2.74 bits per heavy atom. The molecule has 2 rings (SSSR count). The van der Waals surface area contributed by atoms with Gasteiger partial charge in [0.1, 0.15) is 0 Å². The minimum absolute atomic E-state index is 0.178. The smallest absolute Gasteiger partial charge is 0.0992 e. The van der Waals surface area contributed by atoms with E-state index in [0.717, 1.165) is 37.0 Å². The van der Waals surface area contributed by atoms with E-state index in [-0.39, 0.29) is 6.10 Å². The molecule has 0 unspecified atom stereocenters. The zero-order chi connectivity index (χ0) is 13.7. The van der Waals surface area contributed by atoms with Gasteiger partial charge in [-0.05, 0) is 43.4 Å². The van der Waals surface area contributed by atoms with Crippen molar-refractivity contribution >= 4 is 17.3 Å². The number of ether oxygens (including phenoxy) is 1. The van der Waals surface area contributed by atoms with Crippen LogP contribution in [-0.4, -0.2) is 17.0 Å². The summed E-state index contributed by atoms with van der Waals surface area (Å²) >= 11 is 6.09. The van der Waals surface area contributed by atoms with Gasteiger partial charge in [-0.2, -0.15) is 5.26 Å². The highest BCUT2D eigenvalue weighted by Crippen LogP contribution is 2.23. The van der Waals surface area contributed by atoms with Crippen LogP contribution >= 0.6 is 11.6 Å². The molecule has 1 N–H and O–H groups in total. The fourth-order valence-electron chi connectivity index (χ4n) is 2.13. The lowest BCUT2D eigenvalue weighted by Gasteiger charge is -2.22. The largest absolute Gasteiger partial charge is 0.411 e. The summed E-state index contributed by atoms with van der Waals surface area (Å²) in [5, 5.41) is 21.2. The van der Waals surface area contributed by atoms with Crippen molar-refractivity contribution in [1.82, 2.24) is 0 Å². The molecule has 4 nitrogen and oxygen atoms in total. The average Bonchev–Trinajstić information content (AvgIpc) is 2.46. The number of benzene rings is 1. The molecule has 19 heavy (non-hydrogen) atoms. The summed E-state index contributed by atoms with van der Waals surface area (Å²) in [5.74, 6) is 0. The van der Waals surface area contributed by atoms with E-state index >= 15 is 0 Å². The van der Waals surface area contributed by atoms with E-state index in [1.165, 1.54) is 0 Å². The molecule has 1 aromatic carbocycles. The maximum Gasteiger partial charge on any atom is 0.0992 e. The lowest BCUT2D eigenvalue weighted by molar-refractivity contribution is 0.0277. The van der Waals surface area contributed by atoms with E-state index in [1.54, 1.807) is 12.1 Å². The van der Waals surface area contributed by atoms with Crippen molar-refractivity contribution in [3.05, 3.63) is 34.3 Å². The van der Waals surface area contributed by atoms with Gasteiger partial charge in [-0.15, -0.1) is 0 Å². The number of rotatable bonds is 3. The standard InChI is InChI=1S/C14H15ClN2O2/c15-14-7-10(8-16)1-2-11(14)9-19-13-5-3-12(17-18)4-6-13/h1-2,7,13,18H,3-6,9H2. The second kappa shape index (κ2) is 6.55. The summed E-state index contributed by atoms with van der Waals surface area (Å²) in [5.41, 5.74) is 2.29. The Labute approximate surface area is 117 Å². The fourth-order valence-corrected chi connectivity index (χ4v) is 2.37. The number of hydrogen-bond acceptors (Lipinski definition) is 4. The number of oxime groups is 1. The molecule has 1 saturated carbocycles. The summed E-state index contributed by atoms with van der Waals surface area (Å²) in [6.07, 6.45) is 3.47. The SMILES string of the molecule is N#Cc1ccc(COC2CCC(=NO)CC2)c(Cl)c1. The number of nitrogens with zero attached hydrogens (tertiary/aromatic N) is 2. The first-order valence-corrected chi connectivity index (χ1v) is 6.60. The molecule has 0 amide bonds. The first kappa shape index (κ1) is 13.9. The maximum atomic E-state index is 8.76. The van der Waals surface area contributed by atoms with Crippen molar-refractivity contribution in [1.29, 1.82) is 5.26 Å². The third kappa shape index (κ3) is 3.69. The average molecular weight is 279 g/mol. The monoisotopic (exact) mass is 278 g/mol. The topological polar surface area (TPSA) is 65.6 Å². The van der Waals surface area contributed by atoms with Crippen LogP contribution in [-0.2, 0) is 11.3 Å². The van der Waals surface area contributed by atoms with Crippen molar-refractivity contribution in [3.63, 3.8) is 0 Å². The molecule has 0 saturated heterocycles. The Kier molecular flexibility index (Phi) is 4.78. The van der Waals surface area contributed by atoms with Gasteiger partial charge in [-0.25, -0.2) is 0 Å². The normalized spacial score (nSPS) is 18.9. The number of nitriles is 1. The van der Waals surface area contributed by atoms with E-state index in [0.29, 0.717) is 17.2 Å². The predicted octanol–water partition coefficient (Wildman–Crippen LogP) is 3.50. The molecular formula is C14H15ClN2O2. The first-order chi connectivity index (χ1) is 9.22. The van der Waals surface area contributed by atoms with Gasteiger partial charge in [-0.3, -0.25) is 0 Å². The van der Waals surface area contributed by atoms with E-state index in [4.69, 9.17) is 26.8 Å². The van der Waals surface area contributed by atoms with E-state index < -0.39 is 0 Å². The quantitative estimate of drug-likeness (QED) is 0.680. The van der Waals surface area contributed by atoms with Crippen molar-refractivity contribution in [2.75, 3.05) is 0 Å². The Balaban J connectivity index is 1.88. The molecule has 1 aromatic rings. The minimum atomic E-state index is 0.178. The van der Waals surface area contributed by atoms with Gasteiger partial charge < -0.3 is 9.94 Å². The summed E-state index contributed by atoms with van der Waals surface area (Å²) in [4.78, 5) is 0. The third-order valence-electron chi connectivity index (χ3n) is 3.31. The van der Waals surface area contributed by atoms with Gasteiger partial charge in [0.2, 0.25) is 0 Å². The van der Waals surface area contributed by atoms with Crippen LogP contribution in [0.15, 0.2) is 23.4 Å². The molecule has 5 heteroatoms. The summed E-state index contributed by atoms with van der Waals surface area (Å²) in [7, 11) is 0. The van der Waals surface area contributed by atoms with Gasteiger partial charge in [-0.1, -0.05) is 22.8 Å². The molecule has 0 heterocycles. The summed E-state index contributed by atoms with van der Waals surface area (Å²) in [6.45, 7) is 0.445. The van der Waals surface area contributed by atoms with Crippen LogP contribution in [0.3, 0.4) is 0 Å². The predicted molar refractivity (Wildman–Crippen MR) is 72.4 cm³/mol. The van der Waals surface area contributed by atoms with E-state index in [2.05, 4.69) is 5.16 Å². The van der Waals surface area contributed by atoms with Crippen LogP contribution in [0.4, 0.5) is 0 Å². The van der Waals surface area contributed by atoms with Crippen molar-refractivity contribution < 1.29 is 9.94 Å². The molecule has 1 fully saturated rings. The molecule has 1 aliphatic rings. The molecule has 100 valence electrons. The van der Waals surface area contributed by atoms with Crippen molar-refractivity contribution in [2.24, 2.45) is 5.16 Å². The van der Waals surface area contributed by atoms with Crippen molar-refractivity contribution in [3.8, 4) is 6.07 Å². The second-order valence-electron chi connectivity index (χ2n) is 4.59. The lowest BCUT2D eigenvalue weighted by Crippen LogP contribution is -2.21. The highest BCUT2D eigenvalue weighted by molar-refractivity contribution is 6.31. The highest BCUT2D eigenvalue weighted by Gasteiger charge is 2.18. The lowest BCUT2D eigenvalue weighted by atomic mass is 9.96. The minimum Gasteiger partial charge on any atom is -0.411 e. The van der Waals surface area contributed by atoms with Crippen LogP contribution in [0.25, 0.3) is 0 Å². The molecule has 0 aliphatic heterocycles. The zero-order valence-corrected chi connectivity index (χ0v) is 11.2. The molecule has 0 aromatic heterocycles. The van der Waals surface area contributed by atoms with Gasteiger partial charge in [0, 0.05) is 5.02 Å². The Morgan fingerprint density at radius 2 is 2.16 bits per heavy atom. The highest BCUT2D eigenvalue weighted by atomic mass is 35.5. The molecule has 0 radical (unpaired) electrons. The van der Waals surface area contributed by atoms with Crippen LogP contribution in [0, 0.1) is 11.3 Å². The van der Waals surface area contributed by atoms with Crippen LogP contribution in [0.5, 0.6) is 0 Å². The number of halogens is 1. The molecule has 0 bridgehead atoms. The first-order valence-electron chi connectivity index (χ1n) is 6.23. The van der Waals surface area contributed by atoms with E-state index in [9.17, 15) is 0 Å². The summed E-state index contributed by atoms with van der Waals surface area (Å²) in [6, 6.07) is 7.26. The summed E-state index contributed by atoms with van der Waals surface area (Å²) < 4.78 is 5.81. The maximum absolute atomic E-state index is 8.76. The van der Waals surface area contributed by atoms with Crippen LogP contribution < -0.4 is 0 Å². The Hall–Kier alpha value is -1.57. The van der Waals surface area contributed by atoms with Crippen molar-refractivity contribution in [2.45, 2.75) is 38.4 Å². The molecule has 1 aliphatic carbocycles. The molecule has 0 spiro atoms. The third-order valence-corrected chi connectivity index (χ3v) is 3.66. The van der Waals surface area contributed by atoms with Gasteiger partial charge in [0.15, 0.2) is 0 Å². The molecular weight excluding hydrogens is 264 g/mol. The van der Waals surface area contributed by atoms with Gasteiger partial charge in [0.25, 0.3) is 0 Å². The van der Waals surface area contributed by atoms with Gasteiger partial charge >= 0.3 is 0 Å². The Morgan fingerprint density at radius 1 is 1.42 bits per heavy atom. The molecule has 0 atom stereocenters.